The quantitative estimate of drug-likeness (QED) is 0.132. The molecule has 4 rings (SSSR count). The first-order valence-electron chi connectivity index (χ1n) is 14.6. The van der Waals surface area contributed by atoms with Crippen LogP contribution in [0.3, 0.4) is 0 Å². The van der Waals surface area contributed by atoms with E-state index < -0.39 is 38.1 Å². The lowest BCUT2D eigenvalue weighted by atomic mass is 10.0. The highest BCUT2D eigenvalue weighted by molar-refractivity contribution is 7.70. The van der Waals surface area contributed by atoms with Gasteiger partial charge in [0.05, 0.1) is 52.7 Å². The van der Waals surface area contributed by atoms with E-state index in [4.69, 9.17) is 14.7 Å². The number of β-amino-alcohol motifs (C(OH)–C–C–N with tert-alkyl or cyclic N) is 1. The smallest absolute Gasteiger partial charge is 0.393 e. The van der Waals surface area contributed by atoms with Gasteiger partial charge in [-0.1, -0.05) is 24.0 Å². The molecule has 0 bridgehead atoms. The van der Waals surface area contributed by atoms with E-state index in [0.717, 1.165) is 11.3 Å². The number of nitrogens with zero attached hydrogens (tertiary/aromatic N) is 2. The van der Waals surface area contributed by atoms with Crippen LogP contribution in [0.4, 0.5) is 28.9 Å². The van der Waals surface area contributed by atoms with Crippen molar-refractivity contribution in [1.29, 1.82) is 5.26 Å². The van der Waals surface area contributed by atoms with Gasteiger partial charge in [0.1, 0.15) is 25.1 Å². The lowest BCUT2D eigenvalue weighted by Crippen LogP contribution is -2.50. The Hall–Kier alpha value is -3.32. The summed E-state index contributed by atoms with van der Waals surface area (Å²) in [4.78, 5) is 2.09. The monoisotopic (exact) mass is 680 g/mol. The Balaban J connectivity index is 1.55. The first-order valence-corrected chi connectivity index (χ1v) is 18.0. The molecule has 3 unspecified atom stereocenters. The number of methoxy groups -OCH3 is 1. The van der Waals surface area contributed by atoms with Gasteiger partial charge in [-0.3, -0.25) is 4.90 Å². The number of piperidine rings is 1. The summed E-state index contributed by atoms with van der Waals surface area (Å²) in [7, 11) is -1.10. The minimum Gasteiger partial charge on any atom is -0.477 e. The van der Waals surface area contributed by atoms with E-state index in [0.29, 0.717) is 45.5 Å². The van der Waals surface area contributed by atoms with Gasteiger partial charge in [-0.25, -0.2) is 4.39 Å². The molecule has 1 aliphatic rings. The number of nitrogens with one attached hydrogen (secondary N) is 2. The number of likely N-dealkylation sites (tertiary alicyclic amines) is 1. The standard InChI is InChI=1S/C32H37F4N4O4PS/c1-43-20-21(41)18-40-14-11-26(25(33)19-40)39-28-7-4-6-23-24(17-32(34,35)36)30(46-31(23)28)8-5-13-38-27-10-9-22(45(2,3)42)16-29(27)44-15-12-37/h4,6-7,9-10,16,21,25-26,38-39,41H,11,13-15,17-20H2,1-3H3. The van der Waals surface area contributed by atoms with Crippen LogP contribution in [0.2, 0.25) is 0 Å². The van der Waals surface area contributed by atoms with Crippen molar-refractivity contribution in [3.8, 4) is 23.7 Å². The van der Waals surface area contributed by atoms with Crippen molar-refractivity contribution in [2.75, 3.05) is 70.5 Å². The van der Waals surface area contributed by atoms with Crippen molar-refractivity contribution in [3.05, 3.63) is 46.8 Å². The number of halogens is 4. The molecule has 0 saturated carbocycles. The number of rotatable bonds is 12. The highest BCUT2D eigenvalue weighted by atomic mass is 32.1. The summed E-state index contributed by atoms with van der Waals surface area (Å²) < 4.78 is 79.8. The molecule has 1 aliphatic heterocycles. The molecule has 1 aromatic heterocycles. The Kier molecular flexibility index (Phi) is 12.0. The van der Waals surface area contributed by atoms with Gasteiger partial charge in [-0.2, -0.15) is 18.4 Å². The van der Waals surface area contributed by atoms with E-state index in [9.17, 15) is 22.8 Å². The fraction of sp³-hybridized carbons (Fsp3) is 0.469. The average Bonchev–Trinajstić information content (AvgIpc) is 3.32. The van der Waals surface area contributed by atoms with Crippen LogP contribution >= 0.6 is 18.5 Å². The Bertz CT molecular complexity index is 1660. The second kappa shape index (κ2) is 15.5. The lowest BCUT2D eigenvalue weighted by molar-refractivity contribution is -0.126. The minimum atomic E-state index is -4.47. The molecule has 14 heteroatoms. The van der Waals surface area contributed by atoms with Gasteiger partial charge in [-0.15, -0.1) is 11.3 Å². The molecule has 0 aliphatic carbocycles. The predicted octanol–water partition coefficient (Wildman–Crippen LogP) is 5.45. The third kappa shape index (κ3) is 9.60. The maximum atomic E-state index is 15.2. The highest BCUT2D eigenvalue weighted by Gasteiger charge is 2.33. The molecule has 248 valence electrons. The number of ether oxygens (including phenoxy) is 2. The third-order valence-electron chi connectivity index (χ3n) is 7.44. The van der Waals surface area contributed by atoms with Crippen LogP contribution in [0.1, 0.15) is 16.9 Å². The molecule has 1 saturated heterocycles. The molecule has 0 spiro atoms. The molecule has 3 aromatic rings. The van der Waals surface area contributed by atoms with E-state index in [1.165, 1.54) is 7.11 Å². The van der Waals surface area contributed by atoms with E-state index in [-0.39, 0.29) is 43.3 Å². The van der Waals surface area contributed by atoms with Crippen molar-refractivity contribution < 1.29 is 36.7 Å². The molecular weight excluding hydrogens is 643 g/mol. The Morgan fingerprint density at radius 2 is 2.02 bits per heavy atom. The largest absolute Gasteiger partial charge is 0.477 e. The Morgan fingerprint density at radius 1 is 1.24 bits per heavy atom. The SMILES string of the molecule is COCC(O)CN1CCC(Nc2cccc3c(CC(F)(F)F)c(C#CCNc4ccc(P(C)(C)=O)cc4OCC#N)sc23)C(F)C1. The van der Waals surface area contributed by atoms with Crippen LogP contribution in [0.25, 0.3) is 10.1 Å². The summed E-state index contributed by atoms with van der Waals surface area (Å²) in [5.41, 5.74) is 1.10. The van der Waals surface area contributed by atoms with E-state index in [1.54, 1.807) is 49.7 Å². The summed E-state index contributed by atoms with van der Waals surface area (Å²) in [5, 5.41) is 26.2. The van der Waals surface area contributed by atoms with E-state index in [1.807, 2.05) is 11.0 Å². The maximum absolute atomic E-state index is 15.2. The average molecular weight is 681 g/mol. The maximum Gasteiger partial charge on any atom is 0.393 e. The number of alkyl halides is 4. The van der Waals surface area contributed by atoms with Crippen molar-refractivity contribution in [2.45, 2.75) is 37.3 Å². The van der Waals surface area contributed by atoms with Gasteiger partial charge < -0.3 is 29.8 Å². The molecule has 2 aromatic carbocycles. The number of hydrogen-bond donors (Lipinski definition) is 3. The Labute approximate surface area is 270 Å². The highest BCUT2D eigenvalue weighted by Crippen LogP contribution is 2.40. The van der Waals surface area contributed by atoms with Crippen molar-refractivity contribution in [2.24, 2.45) is 0 Å². The molecule has 8 nitrogen and oxygen atoms in total. The van der Waals surface area contributed by atoms with Crippen LogP contribution in [-0.2, 0) is 15.7 Å². The number of nitriles is 1. The number of fused-ring (bicyclic) bond motifs is 1. The van der Waals surface area contributed by atoms with Gasteiger partial charge in [0.15, 0.2) is 6.61 Å². The third-order valence-corrected chi connectivity index (χ3v) is 10.2. The number of anilines is 2. The fourth-order valence-corrected chi connectivity index (χ4v) is 7.32. The van der Waals surface area contributed by atoms with Crippen LogP contribution < -0.4 is 20.7 Å². The van der Waals surface area contributed by atoms with E-state index >= 15 is 4.39 Å². The molecule has 3 N–H and O–H groups in total. The van der Waals surface area contributed by atoms with Crippen LogP contribution in [0.5, 0.6) is 5.75 Å². The summed E-state index contributed by atoms with van der Waals surface area (Å²) in [5.74, 6) is 6.11. The molecule has 0 amide bonds. The van der Waals surface area contributed by atoms with Gasteiger partial charge in [0.2, 0.25) is 0 Å². The second-order valence-electron chi connectivity index (χ2n) is 11.4. The Morgan fingerprint density at radius 3 is 2.70 bits per heavy atom. The summed E-state index contributed by atoms with van der Waals surface area (Å²) >= 11 is 1.13. The van der Waals surface area contributed by atoms with Gasteiger partial charge in [0.25, 0.3) is 0 Å². The van der Waals surface area contributed by atoms with Crippen LogP contribution in [-0.4, -0.2) is 94.3 Å². The van der Waals surface area contributed by atoms with Crippen LogP contribution in [0.15, 0.2) is 36.4 Å². The van der Waals surface area contributed by atoms with Crippen molar-refractivity contribution >= 4 is 45.2 Å². The van der Waals surface area contributed by atoms with Gasteiger partial charge >= 0.3 is 6.18 Å². The molecule has 46 heavy (non-hydrogen) atoms. The first-order chi connectivity index (χ1) is 21.8. The number of aliphatic hydroxyl groups excluding tert-OH is 1. The molecule has 3 atom stereocenters. The number of thiophene rings is 1. The molecule has 2 heterocycles. The zero-order valence-corrected chi connectivity index (χ0v) is 27.5. The number of hydrogen-bond acceptors (Lipinski definition) is 9. The lowest BCUT2D eigenvalue weighted by Gasteiger charge is -2.36. The summed E-state index contributed by atoms with van der Waals surface area (Å²) in [6, 6.07) is 11.3. The normalized spacial score (nSPS) is 18.0. The first kappa shape index (κ1) is 35.5. The van der Waals surface area contributed by atoms with Gasteiger partial charge in [0, 0.05) is 32.0 Å². The molecule has 0 radical (unpaired) electrons. The van der Waals surface area contributed by atoms with Gasteiger partial charge in [-0.05, 0) is 55.0 Å². The van der Waals surface area contributed by atoms with Crippen molar-refractivity contribution in [1.82, 2.24) is 4.90 Å². The zero-order valence-electron chi connectivity index (χ0n) is 25.8. The molecular formula is C32H37F4N4O4PS. The second-order valence-corrected chi connectivity index (χ2v) is 15.7. The minimum absolute atomic E-state index is 0.0597. The predicted molar refractivity (Wildman–Crippen MR) is 175 cm³/mol. The summed E-state index contributed by atoms with van der Waals surface area (Å²) in [6.07, 6.45) is -7.16. The van der Waals surface area contributed by atoms with Crippen molar-refractivity contribution in [3.63, 3.8) is 0 Å². The number of aliphatic hydroxyl groups is 1. The van der Waals surface area contributed by atoms with E-state index in [2.05, 4.69) is 22.5 Å². The zero-order chi connectivity index (χ0) is 33.5. The number of benzene rings is 2. The fourth-order valence-electron chi connectivity index (χ4n) is 5.29. The topological polar surface area (TPSA) is 107 Å². The summed E-state index contributed by atoms with van der Waals surface area (Å²) in [6.45, 7) is 4.19. The van der Waals surface area contributed by atoms with Crippen LogP contribution in [0, 0.1) is 23.2 Å². The molecule has 1 fully saturated rings.